The van der Waals surface area contributed by atoms with E-state index in [-0.39, 0.29) is 18.5 Å². The van der Waals surface area contributed by atoms with Gasteiger partial charge in [0.05, 0.1) is 31.7 Å². The van der Waals surface area contributed by atoms with Crippen molar-refractivity contribution < 1.29 is 23.8 Å². The summed E-state index contributed by atoms with van der Waals surface area (Å²) in [6.45, 7) is 3.44. The normalized spacial score (nSPS) is 23.2. The van der Waals surface area contributed by atoms with Gasteiger partial charge in [-0.2, -0.15) is 5.10 Å². The number of nitrogens with zero attached hydrogens (tertiary/aromatic N) is 3. The number of hydrogen-bond donors (Lipinski definition) is 2. The number of rotatable bonds is 6. The maximum Gasteiger partial charge on any atom is 0.411 e. The second-order valence-corrected chi connectivity index (χ2v) is 8.03. The Labute approximate surface area is 186 Å². The Morgan fingerprint density at radius 3 is 3.03 bits per heavy atom. The van der Waals surface area contributed by atoms with E-state index < -0.39 is 11.6 Å². The van der Waals surface area contributed by atoms with Crippen LogP contribution in [0.25, 0.3) is 0 Å². The topological polar surface area (TPSA) is 107 Å². The van der Waals surface area contributed by atoms with Gasteiger partial charge in [0.2, 0.25) is 0 Å². The second kappa shape index (κ2) is 9.51. The zero-order valence-electron chi connectivity index (χ0n) is 18.1. The number of amides is 1. The summed E-state index contributed by atoms with van der Waals surface area (Å²) in [6, 6.07) is 7.34. The van der Waals surface area contributed by atoms with Crippen molar-refractivity contribution in [2.24, 2.45) is 7.05 Å². The molecule has 1 aromatic carbocycles. The SMILES string of the molecule is Cn1cc(N2C=CC(=O)C(C)(Cc3cccc(NC(=O)OCC4COCCO4)c3)N2)cn1. The largest absolute Gasteiger partial charge is 0.446 e. The van der Waals surface area contributed by atoms with Gasteiger partial charge < -0.3 is 14.2 Å². The first-order valence-corrected chi connectivity index (χ1v) is 10.4. The molecule has 2 atom stereocenters. The summed E-state index contributed by atoms with van der Waals surface area (Å²) in [6.07, 6.45) is 6.42. The molecule has 32 heavy (non-hydrogen) atoms. The first-order valence-electron chi connectivity index (χ1n) is 10.4. The summed E-state index contributed by atoms with van der Waals surface area (Å²) in [5.41, 5.74) is 4.72. The van der Waals surface area contributed by atoms with Gasteiger partial charge in [-0.25, -0.2) is 10.2 Å². The number of anilines is 2. The molecule has 2 unspecified atom stereocenters. The fraction of sp³-hybridized carbons (Fsp3) is 0.409. The smallest absolute Gasteiger partial charge is 0.411 e. The summed E-state index contributed by atoms with van der Waals surface area (Å²) in [7, 11) is 1.83. The van der Waals surface area contributed by atoms with Gasteiger partial charge in [0, 0.05) is 31.2 Å². The highest BCUT2D eigenvalue weighted by Crippen LogP contribution is 2.24. The van der Waals surface area contributed by atoms with Crippen LogP contribution in [-0.4, -0.2) is 59.7 Å². The third-order valence-electron chi connectivity index (χ3n) is 5.27. The fourth-order valence-corrected chi connectivity index (χ4v) is 3.62. The molecule has 10 nitrogen and oxygen atoms in total. The van der Waals surface area contributed by atoms with Crippen molar-refractivity contribution >= 4 is 23.3 Å². The van der Waals surface area contributed by atoms with E-state index in [1.54, 1.807) is 34.2 Å². The number of carbonyl (C=O) groups is 2. The molecule has 1 fully saturated rings. The van der Waals surface area contributed by atoms with E-state index in [9.17, 15) is 9.59 Å². The van der Waals surface area contributed by atoms with E-state index in [0.717, 1.165) is 11.3 Å². The van der Waals surface area contributed by atoms with Crippen molar-refractivity contribution in [3.8, 4) is 0 Å². The minimum absolute atomic E-state index is 0.0369. The number of hydrazine groups is 1. The summed E-state index contributed by atoms with van der Waals surface area (Å²) in [5, 5.41) is 8.68. The summed E-state index contributed by atoms with van der Waals surface area (Å²) < 4.78 is 17.7. The van der Waals surface area contributed by atoms with Crippen LogP contribution in [0.15, 0.2) is 48.9 Å². The summed E-state index contributed by atoms with van der Waals surface area (Å²) in [4.78, 5) is 24.8. The van der Waals surface area contributed by atoms with Crippen molar-refractivity contribution in [3.05, 3.63) is 54.5 Å². The van der Waals surface area contributed by atoms with Crippen LogP contribution in [0.5, 0.6) is 0 Å². The van der Waals surface area contributed by atoms with E-state index >= 15 is 0 Å². The second-order valence-electron chi connectivity index (χ2n) is 8.03. The van der Waals surface area contributed by atoms with Gasteiger partial charge in [-0.15, -0.1) is 0 Å². The van der Waals surface area contributed by atoms with E-state index in [0.29, 0.717) is 31.9 Å². The van der Waals surface area contributed by atoms with Gasteiger partial charge in [-0.3, -0.25) is 19.8 Å². The molecule has 2 aliphatic rings. The first kappa shape index (κ1) is 22.0. The number of aromatic nitrogens is 2. The van der Waals surface area contributed by atoms with Gasteiger partial charge in [0.1, 0.15) is 18.2 Å². The standard InChI is InChI=1S/C22H27N5O5/c1-22(20(28)6-7-27(25-22)18-12-23-26(2)13-18)11-16-4-3-5-17(10-16)24-21(29)32-15-19-14-30-8-9-31-19/h3-7,10,12-13,19,25H,8-9,11,14-15H2,1-2H3,(H,24,29). The van der Waals surface area contributed by atoms with Crippen molar-refractivity contribution in [1.82, 2.24) is 15.2 Å². The van der Waals surface area contributed by atoms with Crippen LogP contribution in [0.2, 0.25) is 0 Å². The van der Waals surface area contributed by atoms with Crippen LogP contribution >= 0.6 is 0 Å². The molecule has 2 aliphatic heterocycles. The monoisotopic (exact) mass is 441 g/mol. The third-order valence-corrected chi connectivity index (χ3v) is 5.27. The molecule has 1 saturated heterocycles. The molecular formula is C22H27N5O5. The van der Waals surface area contributed by atoms with Gasteiger partial charge in [-0.1, -0.05) is 12.1 Å². The Hall–Kier alpha value is -3.21. The molecule has 2 aromatic rings. The Bertz CT molecular complexity index is 1000. The Morgan fingerprint density at radius 2 is 2.28 bits per heavy atom. The molecule has 0 saturated carbocycles. The predicted octanol–water partition coefficient (Wildman–Crippen LogP) is 1.79. The first-order chi connectivity index (χ1) is 15.4. The van der Waals surface area contributed by atoms with E-state index in [1.165, 1.54) is 0 Å². The van der Waals surface area contributed by atoms with Crippen molar-refractivity contribution in [2.45, 2.75) is 25.0 Å². The third kappa shape index (κ3) is 5.34. The number of nitrogens with one attached hydrogen (secondary N) is 2. The minimum atomic E-state index is -0.859. The van der Waals surface area contributed by atoms with Gasteiger partial charge >= 0.3 is 6.09 Å². The lowest BCUT2D eigenvalue weighted by molar-refractivity contribution is -0.120. The molecule has 1 aromatic heterocycles. The van der Waals surface area contributed by atoms with Crippen LogP contribution < -0.4 is 15.8 Å². The van der Waals surface area contributed by atoms with E-state index in [4.69, 9.17) is 14.2 Å². The predicted molar refractivity (Wildman–Crippen MR) is 117 cm³/mol. The summed E-state index contributed by atoms with van der Waals surface area (Å²) >= 11 is 0. The molecule has 0 bridgehead atoms. The Kier molecular flexibility index (Phi) is 6.54. The number of benzene rings is 1. The average molecular weight is 441 g/mol. The fourth-order valence-electron chi connectivity index (χ4n) is 3.62. The highest BCUT2D eigenvalue weighted by Gasteiger charge is 2.36. The van der Waals surface area contributed by atoms with Crippen LogP contribution in [0.3, 0.4) is 0 Å². The van der Waals surface area contributed by atoms with Gasteiger partial charge in [0.15, 0.2) is 5.78 Å². The quantitative estimate of drug-likeness (QED) is 0.699. The highest BCUT2D eigenvalue weighted by atomic mass is 16.6. The molecule has 10 heteroatoms. The maximum atomic E-state index is 12.7. The molecular weight excluding hydrogens is 414 g/mol. The minimum Gasteiger partial charge on any atom is -0.446 e. The zero-order chi connectivity index (χ0) is 22.6. The van der Waals surface area contributed by atoms with Gasteiger partial charge in [0.25, 0.3) is 0 Å². The van der Waals surface area contributed by atoms with E-state index in [2.05, 4.69) is 15.8 Å². The molecule has 0 radical (unpaired) electrons. The van der Waals surface area contributed by atoms with Crippen LogP contribution in [0.1, 0.15) is 12.5 Å². The molecule has 4 rings (SSSR count). The number of ketones is 1. The van der Waals surface area contributed by atoms with Crippen molar-refractivity contribution in [1.29, 1.82) is 0 Å². The number of hydrogen-bond acceptors (Lipinski definition) is 8. The average Bonchev–Trinajstić information content (AvgIpc) is 3.21. The molecule has 0 aliphatic carbocycles. The molecule has 1 amide bonds. The number of aryl methyl sites for hydroxylation is 1. The van der Waals surface area contributed by atoms with Crippen molar-refractivity contribution in [3.63, 3.8) is 0 Å². The lowest BCUT2D eigenvalue weighted by Gasteiger charge is -2.37. The maximum absolute atomic E-state index is 12.7. The molecule has 170 valence electrons. The number of ether oxygens (including phenoxy) is 3. The summed E-state index contributed by atoms with van der Waals surface area (Å²) in [5.74, 6) is -0.0369. The van der Waals surface area contributed by atoms with Crippen LogP contribution in [0.4, 0.5) is 16.2 Å². The van der Waals surface area contributed by atoms with Crippen molar-refractivity contribution in [2.75, 3.05) is 36.8 Å². The van der Waals surface area contributed by atoms with E-state index in [1.807, 2.05) is 38.4 Å². The molecule has 2 N–H and O–H groups in total. The lowest BCUT2D eigenvalue weighted by atomic mass is 9.88. The molecule has 3 heterocycles. The van der Waals surface area contributed by atoms with Crippen LogP contribution in [-0.2, 0) is 32.5 Å². The Balaban J connectivity index is 1.37. The zero-order valence-corrected chi connectivity index (χ0v) is 18.1. The van der Waals surface area contributed by atoms with Gasteiger partial charge in [-0.05, 0) is 31.0 Å². The highest BCUT2D eigenvalue weighted by molar-refractivity contribution is 5.99. The van der Waals surface area contributed by atoms with Crippen LogP contribution in [0, 0.1) is 0 Å². The molecule has 0 spiro atoms. The lowest BCUT2D eigenvalue weighted by Crippen LogP contribution is -2.59. The number of carbonyl (C=O) groups excluding carboxylic acids is 2. The Morgan fingerprint density at radius 1 is 1.41 bits per heavy atom.